The molecule has 3 N–H and O–H groups in total. The third kappa shape index (κ3) is 3.08. The van der Waals surface area contributed by atoms with Crippen LogP contribution in [0.15, 0.2) is 29.0 Å². The minimum atomic E-state index is -0.277. The summed E-state index contributed by atoms with van der Waals surface area (Å²) in [6.07, 6.45) is 3.28. The first-order valence-corrected chi connectivity index (χ1v) is 6.76. The van der Waals surface area contributed by atoms with Crippen LogP contribution in [-0.4, -0.2) is 15.5 Å². The van der Waals surface area contributed by atoms with E-state index in [1.807, 2.05) is 6.92 Å². The number of amides is 1. The number of nitrogens with zero attached hydrogens (tertiary/aromatic N) is 2. The Morgan fingerprint density at radius 3 is 3.00 bits per heavy atom. The summed E-state index contributed by atoms with van der Waals surface area (Å²) in [6.45, 7) is 2.59. The number of hydrogen-bond donors (Lipinski definition) is 2. The van der Waals surface area contributed by atoms with Crippen LogP contribution in [0.25, 0.3) is 0 Å². The lowest BCUT2D eigenvalue weighted by Gasteiger charge is -2.08. The fourth-order valence-corrected chi connectivity index (χ4v) is 2.16. The van der Waals surface area contributed by atoms with Gasteiger partial charge in [0.05, 0.1) is 11.4 Å². The number of nitrogens with one attached hydrogen (secondary N) is 1. The topological polar surface area (TPSA) is 72.9 Å². The predicted molar refractivity (Wildman–Crippen MR) is 79.4 cm³/mol. The number of carbonyl (C=O) groups is 1. The number of aryl methyl sites for hydroxylation is 1. The van der Waals surface area contributed by atoms with E-state index in [9.17, 15) is 4.79 Å². The highest BCUT2D eigenvalue weighted by atomic mass is 79.9. The zero-order chi connectivity index (χ0) is 14.0. The quantitative estimate of drug-likeness (QED) is 0.841. The van der Waals surface area contributed by atoms with E-state index >= 15 is 0 Å². The molecule has 0 fully saturated rings. The molecule has 2 heterocycles. The van der Waals surface area contributed by atoms with Gasteiger partial charge in [-0.2, -0.15) is 0 Å². The van der Waals surface area contributed by atoms with E-state index in [-0.39, 0.29) is 11.1 Å². The van der Waals surface area contributed by atoms with Crippen molar-refractivity contribution < 1.29 is 4.79 Å². The molecule has 0 saturated carbocycles. The van der Waals surface area contributed by atoms with Crippen molar-refractivity contribution >= 4 is 44.8 Å². The van der Waals surface area contributed by atoms with Crippen molar-refractivity contribution in [1.29, 1.82) is 0 Å². The van der Waals surface area contributed by atoms with Crippen LogP contribution in [0, 0.1) is 0 Å². The highest BCUT2D eigenvalue weighted by molar-refractivity contribution is 9.10. The fraction of sp³-hybridized carbons (Fsp3) is 0.167. The molecule has 0 aromatic carbocycles. The number of pyridine rings is 1. The first-order valence-electron chi connectivity index (χ1n) is 5.59. The van der Waals surface area contributed by atoms with E-state index in [1.54, 1.807) is 29.1 Å². The summed E-state index contributed by atoms with van der Waals surface area (Å²) in [5.41, 5.74) is 7.17. The number of halogens is 2. The molecule has 0 aliphatic rings. The maximum absolute atomic E-state index is 12.2. The summed E-state index contributed by atoms with van der Waals surface area (Å²) in [6, 6.07) is 3.31. The normalized spacial score (nSPS) is 10.5. The second-order valence-corrected chi connectivity index (χ2v) is 5.16. The van der Waals surface area contributed by atoms with Crippen LogP contribution in [-0.2, 0) is 6.54 Å². The van der Waals surface area contributed by atoms with Gasteiger partial charge in [-0.05, 0) is 35.0 Å². The molecule has 2 aromatic heterocycles. The molecule has 2 rings (SSSR count). The number of rotatable bonds is 3. The van der Waals surface area contributed by atoms with Crippen LogP contribution >= 0.6 is 27.5 Å². The minimum absolute atomic E-state index is 0.235. The Balaban J connectivity index is 2.27. The minimum Gasteiger partial charge on any atom is -0.397 e. The summed E-state index contributed by atoms with van der Waals surface area (Å²) >= 11 is 9.21. The van der Waals surface area contributed by atoms with Crippen LogP contribution in [0.5, 0.6) is 0 Å². The van der Waals surface area contributed by atoms with Crippen molar-refractivity contribution in [2.24, 2.45) is 0 Å². The third-order valence-electron chi connectivity index (χ3n) is 2.54. The lowest BCUT2D eigenvalue weighted by molar-refractivity contribution is 0.101. The van der Waals surface area contributed by atoms with Crippen LogP contribution in [0.3, 0.4) is 0 Å². The average Bonchev–Trinajstić information content (AvgIpc) is 2.75. The molecular weight excluding hydrogens is 332 g/mol. The molecule has 19 heavy (non-hydrogen) atoms. The lowest BCUT2D eigenvalue weighted by Crippen LogP contribution is -2.16. The monoisotopic (exact) mass is 342 g/mol. The number of aromatic nitrogens is 2. The Bertz CT molecular complexity index is 626. The summed E-state index contributed by atoms with van der Waals surface area (Å²) in [4.78, 5) is 16.1. The first kappa shape index (κ1) is 13.9. The Morgan fingerprint density at radius 1 is 1.58 bits per heavy atom. The standard InChI is InChI=1S/C12H12BrClN4O/c1-2-18-6-8(15)4-10(18)12(19)17-9-3-7(13)5-16-11(9)14/h3-6H,2,15H2,1H3,(H,17,19). The van der Waals surface area contributed by atoms with Gasteiger partial charge in [0.1, 0.15) is 5.69 Å². The van der Waals surface area contributed by atoms with Crippen molar-refractivity contribution in [1.82, 2.24) is 9.55 Å². The van der Waals surface area contributed by atoms with Crippen molar-refractivity contribution in [3.63, 3.8) is 0 Å². The molecule has 0 aliphatic carbocycles. The van der Waals surface area contributed by atoms with Crippen LogP contribution in [0.1, 0.15) is 17.4 Å². The summed E-state index contributed by atoms with van der Waals surface area (Å²) < 4.78 is 2.50. The predicted octanol–water partition coefficient (Wildman–Crippen LogP) is 3.15. The second-order valence-electron chi connectivity index (χ2n) is 3.89. The maximum Gasteiger partial charge on any atom is 0.272 e. The molecular formula is C12H12BrClN4O. The molecule has 100 valence electrons. The molecule has 5 nitrogen and oxygen atoms in total. The average molecular weight is 344 g/mol. The van der Waals surface area contributed by atoms with E-state index in [0.29, 0.717) is 23.6 Å². The van der Waals surface area contributed by atoms with Crippen LogP contribution in [0.4, 0.5) is 11.4 Å². The van der Waals surface area contributed by atoms with Gasteiger partial charge in [0.15, 0.2) is 5.15 Å². The van der Waals surface area contributed by atoms with Gasteiger partial charge in [-0.25, -0.2) is 4.98 Å². The molecule has 0 spiro atoms. The van der Waals surface area contributed by atoms with Gasteiger partial charge in [0.2, 0.25) is 0 Å². The van der Waals surface area contributed by atoms with Gasteiger partial charge in [-0.1, -0.05) is 11.6 Å². The maximum atomic E-state index is 12.2. The van der Waals surface area contributed by atoms with Gasteiger partial charge in [-0.15, -0.1) is 0 Å². The smallest absolute Gasteiger partial charge is 0.272 e. The fourth-order valence-electron chi connectivity index (χ4n) is 1.68. The van der Waals surface area contributed by atoms with Crippen LogP contribution < -0.4 is 11.1 Å². The highest BCUT2D eigenvalue weighted by Gasteiger charge is 2.14. The van der Waals surface area contributed by atoms with E-state index in [2.05, 4.69) is 26.2 Å². The zero-order valence-electron chi connectivity index (χ0n) is 10.2. The van der Waals surface area contributed by atoms with E-state index < -0.39 is 0 Å². The van der Waals surface area contributed by atoms with Gasteiger partial charge in [0, 0.05) is 23.4 Å². The molecule has 2 aromatic rings. The first-order chi connectivity index (χ1) is 9.01. The number of carbonyl (C=O) groups excluding carboxylic acids is 1. The lowest BCUT2D eigenvalue weighted by atomic mass is 10.3. The SMILES string of the molecule is CCn1cc(N)cc1C(=O)Nc1cc(Br)cnc1Cl. The zero-order valence-corrected chi connectivity index (χ0v) is 12.5. The van der Waals surface area contributed by atoms with Gasteiger partial charge in [0.25, 0.3) is 5.91 Å². The Kier molecular flexibility index (Phi) is 4.11. The Labute approximate surface area is 123 Å². The number of nitrogen functional groups attached to an aromatic ring is 1. The number of hydrogen-bond acceptors (Lipinski definition) is 3. The highest BCUT2D eigenvalue weighted by Crippen LogP contribution is 2.24. The van der Waals surface area contributed by atoms with Gasteiger partial charge >= 0.3 is 0 Å². The second kappa shape index (κ2) is 5.63. The van der Waals surface area contributed by atoms with Crippen LogP contribution in [0.2, 0.25) is 5.15 Å². The molecule has 0 radical (unpaired) electrons. The summed E-state index contributed by atoms with van der Waals surface area (Å²) in [5, 5.41) is 2.95. The molecule has 0 atom stereocenters. The van der Waals surface area contributed by atoms with Crippen molar-refractivity contribution in [3.05, 3.63) is 39.8 Å². The summed E-state index contributed by atoms with van der Waals surface area (Å²) in [5.74, 6) is -0.277. The van der Waals surface area contributed by atoms with E-state index in [0.717, 1.165) is 4.47 Å². The Morgan fingerprint density at radius 2 is 2.32 bits per heavy atom. The Hall–Kier alpha value is -1.53. The summed E-state index contributed by atoms with van der Waals surface area (Å²) in [7, 11) is 0. The van der Waals surface area contributed by atoms with Gasteiger partial charge in [-0.3, -0.25) is 4.79 Å². The van der Waals surface area contributed by atoms with Crippen molar-refractivity contribution in [2.45, 2.75) is 13.5 Å². The van der Waals surface area contributed by atoms with Gasteiger partial charge < -0.3 is 15.6 Å². The number of anilines is 2. The molecule has 0 saturated heterocycles. The number of nitrogens with two attached hydrogens (primary N) is 1. The van der Waals surface area contributed by atoms with Crippen molar-refractivity contribution in [3.8, 4) is 0 Å². The molecule has 7 heteroatoms. The molecule has 1 amide bonds. The largest absolute Gasteiger partial charge is 0.397 e. The molecule has 0 bridgehead atoms. The van der Waals surface area contributed by atoms with E-state index in [1.165, 1.54) is 0 Å². The molecule has 0 unspecified atom stereocenters. The molecule has 0 aliphatic heterocycles. The van der Waals surface area contributed by atoms with Crippen molar-refractivity contribution in [2.75, 3.05) is 11.1 Å². The third-order valence-corrected chi connectivity index (χ3v) is 3.28. The van der Waals surface area contributed by atoms with E-state index in [4.69, 9.17) is 17.3 Å².